The number of anilines is 3. The van der Waals surface area contributed by atoms with Gasteiger partial charge in [-0.3, -0.25) is 4.79 Å². The van der Waals surface area contributed by atoms with Crippen LogP contribution in [-0.4, -0.2) is 43.8 Å². The van der Waals surface area contributed by atoms with Crippen molar-refractivity contribution in [3.63, 3.8) is 0 Å². The van der Waals surface area contributed by atoms with Gasteiger partial charge in [0.1, 0.15) is 16.9 Å². The number of fused-ring (bicyclic) bond motifs is 1. The van der Waals surface area contributed by atoms with Gasteiger partial charge in [-0.15, -0.1) is 0 Å². The number of hydrogen-bond acceptors (Lipinski definition) is 7. The lowest BCUT2D eigenvalue weighted by molar-refractivity contribution is -0.117. The second-order valence-electron chi connectivity index (χ2n) is 6.69. The van der Waals surface area contributed by atoms with Gasteiger partial charge >= 0.3 is 5.97 Å². The van der Waals surface area contributed by atoms with Crippen molar-refractivity contribution in [2.45, 2.75) is 19.4 Å². The predicted octanol–water partition coefficient (Wildman–Crippen LogP) is 2.02. The molecule has 3 aromatic rings. The number of aliphatic hydroxyl groups excluding tert-OH is 1. The SMILES string of the molecule is COc1c(Nc2cc(NC(=O)C3CC3)ncc2C(=O)O)ccn2ncc(CO)c12. The lowest BCUT2D eigenvalue weighted by Crippen LogP contribution is -2.15. The highest BCUT2D eigenvalue weighted by molar-refractivity contribution is 5.98. The molecule has 4 N–H and O–H groups in total. The Kier molecular flexibility index (Phi) is 4.77. The number of nitrogens with one attached hydrogen (secondary N) is 2. The highest BCUT2D eigenvalue weighted by Crippen LogP contribution is 2.35. The first-order chi connectivity index (χ1) is 14.0. The Morgan fingerprint density at radius 1 is 1.31 bits per heavy atom. The summed E-state index contributed by atoms with van der Waals surface area (Å²) in [5, 5.41) is 29.0. The number of carbonyl (C=O) groups excluding carboxylic acids is 1. The molecule has 0 spiro atoms. The van der Waals surface area contributed by atoms with E-state index in [4.69, 9.17) is 4.74 Å². The Hall–Kier alpha value is -3.66. The van der Waals surface area contributed by atoms with E-state index in [1.165, 1.54) is 25.6 Å². The van der Waals surface area contributed by atoms with E-state index in [9.17, 15) is 19.8 Å². The number of ether oxygens (including phenoxy) is 1. The van der Waals surface area contributed by atoms with Crippen LogP contribution in [0.15, 0.2) is 30.7 Å². The fraction of sp³-hybridized carbons (Fsp3) is 0.263. The lowest BCUT2D eigenvalue weighted by atomic mass is 10.2. The summed E-state index contributed by atoms with van der Waals surface area (Å²) in [5.41, 5.74) is 1.78. The minimum absolute atomic E-state index is 0.00590. The zero-order valence-electron chi connectivity index (χ0n) is 15.5. The van der Waals surface area contributed by atoms with E-state index in [1.807, 2.05) is 0 Å². The summed E-state index contributed by atoms with van der Waals surface area (Å²) < 4.78 is 7.06. The maximum Gasteiger partial charge on any atom is 0.339 e. The van der Waals surface area contributed by atoms with Gasteiger partial charge in [0, 0.05) is 29.9 Å². The zero-order chi connectivity index (χ0) is 20.5. The van der Waals surface area contributed by atoms with Gasteiger partial charge < -0.3 is 25.6 Å². The van der Waals surface area contributed by atoms with Crippen LogP contribution in [0.25, 0.3) is 5.52 Å². The van der Waals surface area contributed by atoms with Crippen LogP contribution in [0.3, 0.4) is 0 Å². The third kappa shape index (κ3) is 3.57. The largest absolute Gasteiger partial charge is 0.492 e. The van der Waals surface area contributed by atoms with Crippen molar-refractivity contribution in [1.29, 1.82) is 0 Å². The van der Waals surface area contributed by atoms with Crippen LogP contribution in [0, 0.1) is 5.92 Å². The van der Waals surface area contributed by atoms with E-state index >= 15 is 0 Å². The molecule has 0 unspecified atom stereocenters. The van der Waals surface area contributed by atoms with Crippen LogP contribution in [0.4, 0.5) is 17.2 Å². The molecule has 0 radical (unpaired) electrons. The summed E-state index contributed by atoms with van der Waals surface area (Å²) in [6, 6.07) is 3.14. The molecule has 0 atom stereocenters. The fourth-order valence-corrected chi connectivity index (χ4v) is 3.05. The molecule has 1 saturated carbocycles. The Balaban J connectivity index is 1.74. The molecule has 3 heterocycles. The van der Waals surface area contributed by atoms with Gasteiger partial charge in [0.05, 0.1) is 31.3 Å². The van der Waals surface area contributed by atoms with Crippen molar-refractivity contribution in [1.82, 2.24) is 14.6 Å². The number of carboxylic acids is 1. The predicted molar refractivity (Wildman–Crippen MR) is 103 cm³/mol. The first kappa shape index (κ1) is 18.7. The molecular formula is C19H19N5O5. The molecular weight excluding hydrogens is 378 g/mol. The number of amides is 1. The first-order valence-electron chi connectivity index (χ1n) is 8.97. The minimum Gasteiger partial charge on any atom is -0.492 e. The van der Waals surface area contributed by atoms with E-state index in [0.717, 1.165) is 12.8 Å². The van der Waals surface area contributed by atoms with Gasteiger partial charge in [-0.25, -0.2) is 14.3 Å². The lowest BCUT2D eigenvalue weighted by Gasteiger charge is -2.15. The van der Waals surface area contributed by atoms with Gasteiger partial charge in [-0.05, 0) is 18.9 Å². The normalized spacial score (nSPS) is 13.3. The number of hydrogen-bond donors (Lipinski definition) is 4. The van der Waals surface area contributed by atoms with E-state index in [1.54, 1.807) is 16.8 Å². The molecule has 1 fully saturated rings. The summed E-state index contributed by atoms with van der Waals surface area (Å²) >= 11 is 0. The van der Waals surface area contributed by atoms with E-state index in [-0.39, 0.29) is 35.5 Å². The van der Waals surface area contributed by atoms with Gasteiger partial charge in [0.25, 0.3) is 0 Å². The molecule has 0 bridgehead atoms. The number of aromatic carboxylic acids is 1. The van der Waals surface area contributed by atoms with Gasteiger partial charge in [0.2, 0.25) is 5.91 Å². The van der Waals surface area contributed by atoms with Crippen molar-refractivity contribution in [3.05, 3.63) is 41.9 Å². The third-order valence-corrected chi connectivity index (χ3v) is 4.69. The topological polar surface area (TPSA) is 138 Å². The summed E-state index contributed by atoms with van der Waals surface area (Å²) in [6.45, 7) is -0.226. The standard InChI is InChI=1S/C19H19N5O5/c1-29-17-13(4-5-24-16(17)11(9-25)7-21-24)22-14-6-15(20-8-12(14)19(27)28)23-18(26)10-2-3-10/h4-8,10,25H,2-3,9H2,1H3,(H,27,28)(H2,20,22,23,26). The van der Waals surface area contributed by atoms with Gasteiger partial charge in [-0.1, -0.05) is 0 Å². The first-order valence-corrected chi connectivity index (χ1v) is 8.97. The monoisotopic (exact) mass is 397 g/mol. The molecule has 1 amide bonds. The average molecular weight is 397 g/mol. The maximum atomic E-state index is 12.0. The Morgan fingerprint density at radius 3 is 2.76 bits per heavy atom. The number of carbonyl (C=O) groups is 2. The molecule has 0 saturated heterocycles. The van der Waals surface area contributed by atoms with Gasteiger partial charge in [0.15, 0.2) is 5.75 Å². The van der Waals surface area contributed by atoms with Crippen molar-refractivity contribution in [2.75, 3.05) is 17.7 Å². The molecule has 3 aromatic heterocycles. The minimum atomic E-state index is -1.17. The Morgan fingerprint density at radius 2 is 2.10 bits per heavy atom. The number of rotatable bonds is 7. The van der Waals surface area contributed by atoms with E-state index in [0.29, 0.717) is 22.5 Å². The fourth-order valence-electron chi connectivity index (χ4n) is 3.05. The van der Waals surface area contributed by atoms with Crippen LogP contribution in [0.1, 0.15) is 28.8 Å². The molecule has 0 aromatic carbocycles. The smallest absolute Gasteiger partial charge is 0.339 e. The molecule has 10 heteroatoms. The zero-order valence-corrected chi connectivity index (χ0v) is 15.5. The molecule has 29 heavy (non-hydrogen) atoms. The van der Waals surface area contributed by atoms with Crippen LogP contribution in [-0.2, 0) is 11.4 Å². The molecule has 1 aliphatic rings. The number of methoxy groups -OCH3 is 1. The Labute approximate surface area is 165 Å². The highest BCUT2D eigenvalue weighted by Gasteiger charge is 2.30. The number of nitrogens with zero attached hydrogens (tertiary/aromatic N) is 3. The summed E-state index contributed by atoms with van der Waals surface area (Å²) in [4.78, 5) is 27.7. The number of aromatic nitrogens is 3. The average Bonchev–Trinajstić information content (AvgIpc) is 3.48. The molecule has 10 nitrogen and oxygen atoms in total. The molecule has 150 valence electrons. The molecule has 4 rings (SSSR count). The number of aliphatic hydroxyl groups is 1. The van der Waals surface area contributed by atoms with E-state index in [2.05, 4.69) is 20.7 Å². The van der Waals surface area contributed by atoms with Crippen molar-refractivity contribution in [3.8, 4) is 5.75 Å². The second-order valence-corrected chi connectivity index (χ2v) is 6.69. The molecule has 1 aliphatic carbocycles. The summed E-state index contributed by atoms with van der Waals surface area (Å²) in [7, 11) is 1.47. The van der Waals surface area contributed by atoms with Crippen LogP contribution >= 0.6 is 0 Å². The number of carboxylic acid groups (broad SMARTS) is 1. The van der Waals surface area contributed by atoms with Crippen molar-refractivity contribution < 1.29 is 24.5 Å². The van der Waals surface area contributed by atoms with Gasteiger partial charge in [-0.2, -0.15) is 5.10 Å². The van der Waals surface area contributed by atoms with Crippen molar-refractivity contribution >= 4 is 34.6 Å². The number of pyridine rings is 2. The maximum absolute atomic E-state index is 12.0. The quantitative estimate of drug-likeness (QED) is 0.475. The Bertz CT molecular complexity index is 1110. The summed E-state index contributed by atoms with van der Waals surface area (Å²) in [5.74, 6) is -0.646. The van der Waals surface area contributed by atoms with Crippen molar-refractivity contribution in [2.24, 2.45) is 5.92 Å². The van der Waals surface area contributed by atoms with Crippen LogP contribution < -0.4 is 15.4 Å². The highest BCUT2D eigenvalue weighted by atomic mass is 16.5. The third-order valence-electron chi connectivity index (χ3n) is 4.69. The molecule has 0 aliphatic heterocycles. The van der Waals surface area contributed by atoms with E-state index < -0.39 is 5.97 Å². The summed E-state index contributed by atoms with van der Waals surface area (Å²) in [6.07, 6.45) is 6.08. The van der Waals surface area contributed by atoms with Crippen LogP contribution in [0.2, 0.25) is 0 Å². The van der Waals surface area contributed by atoms with Crippen LogP contribution in [0.5, 0.6) is 5.75 Å². The second kappa shape index (κ2) is 7.40.